The highest BCUT2D eigenvalue weighted by atomic mass is 32.2. The summed E-state index contributed by atoms with van der Waals surface area (Å²) in [7, 11) is -3.32. The zero-order valence-corrected chi connectivity index (χ0v) is 14.4. The third kappa shape index (κ3) is 4.20. The molecule has 0 saturated carbocycles. The number of amides is 2. The molecule has 0 spiro atoms. The first-order valence-electron chi connectivity index (χ1n) is 7.16. The van der Waals surface area contributed by atoms with Crippen LogP contribution in [0.3, 0.4) is 0 Å². The zero-order chi connectivity index (χ0) is 17.9. The predicted octanol–water partition coefficient (Wildman–Crippen LogP) is 1.78. The van der Waals surface area contributed by atoms with E-state index < -0.39 is 21.7 Å². The first kappa shape index (κ1) is 17.7. The van der Waals surface area contributed by atoms with Crippen LogP contribution in [-0.4, -0.2) is 26.5 Å². The van der Waals surface area contributed by atoms with Gasteiger partial charge in [0.25, 0.3) is 11.8 Å². The fraction of sp³-hybridized carbons (Fsp3) is 0.176. The summed E-state index contributed by atoms with van der Waals surface area (Å²) in [5.41, 5.74) is 7.21. The van der Waals surface area contributed by atoms with E-state index in [0.717, 1.165) is 17.4 Å². The number of aryl methyl sites for hydroxylation is 2. The van der Waals surface area contributed by atoms with Crippen molar-refractivity contribution < 1.29 is 18.0 Å². The van der Waals surface area contributed by atoms with Crippen LogP contribution in [0.5, 0.6) is 0 Å². The summed E-state index contributed by atoms with van der Waals surface area (Å²) in [6.45, 7) is 3.74. The van der Waals surface area contributed by atoms with Crippen molar-refractivity contribution in [3.05, 3.63) is 64.7 Å². The number of hydrogen-bond donors (Lipinski definition) is 2. The maximum absolute atomic E-state index is 12.1. The summed E-state index contributed by atoms with van der Waals surface area (Å²) in [4.78, 5) is 24.2. The van der Waals surface area contributed by atoms with Crippen molar-refractivity contribution in [1.82, 2.24) is 10.9 Å². The number of carbonyl (C=O) groups excluding carboxylic acids is 2. The van der Waals surface area contributed by atoms with Crippen molar-refractivity contribution in [3.8, 4) is 0 Å². The molecule has 7 heteroatoms. The summed E-state index contributed by atoms with van der Waals surface area (Å²) >= 11 is 0. The van der Waals surface area contributed by atoms with E-state index in [9.17, 15) is 18.0 Å². The van der Waals surface area contributed by atoms with Gasteiger partial charge in [0.1, 0.15) is 0 Å². The van der Waals surface area contributed by atoms with Crippen molar-refractivity contribution >= 4 is 21.7 Å². The second kappa shape index (κ2) is 6.84. The average molecular weight is 346 g/mol. The monoisotopic (exact) mass is 346 g/mol. The average Bonchev–Trinajstić information content (AvgIpc) is 2.51. The molecule has 126 valence electrons. The Morgan fingerprint density at radius 2 is 1.46 bits per heavy atom. The Labute approximate surface area is 140 Å². The minimum Gasteiger partial charge on any atom is -0.267 e. The van der Waals surface area contributed by atoms with Gasteiger partial charge in [0.05, 0.1) is 4.90 Å². The summed E-state index contributed by atoms with van der Waals surface area (Å²) in [6, 6.07) is 10.8. The Balaban J connectivity index is 2.03. The van der Waals surface area contributed by atoms with Crippen molar-refractivity contribution in [1.29, 1.82) is 0 Å². The highest BCUT2D eigenvalue weighted by molar-refractivity contribution is 7.90. The van der Waals surface area contributed by atoms with Crippen LogP contribution in [0, 0.1) is 13.8 Å². The number of benzene rings is 2. The highest BCUT2D eigenvalue weighted by Gasteiger charge is 2.12. The van der Waals surface area contributed by atoms with E-state index in [1.807, 2.05) is 26.0 Å². The maximum Gasteiger partial charge on any atom is 0.269 e. The third-order valence-electron chi connectivity index (χ3n) is 3.46. The topological polar surface area (TPSA) is 92.3 Å². The molecule has 24 heavy (non-hydrogen) atoms. The third-order valence-corrected chi connectivity index (χ3v) is 4.59. The predicted molar refractivity (Wildman–Crippen MR) is 90.4 cm³/mol. The van der Waals surface area contributed by atoms with Crippen molar-refractivity contribution in [2.45, 2.75) is 18.7 Å². The van der Waals surface area contributed by atoms with Gasteiger partial charge in [0, 0.05) is 17.4 Å². The van der Waals surface area contributed by atoms with Crippen LogP contribution in [0.2, 0.25) is 0 Å². The number of sulfone groups is 1. The highest BCUT2D eigenvalue weighted by Crippen LogP contribution is 2.11. The number of carbonyl (C=O) groups is 2. The number of hydrogen-bond acceptors (Lipinski definition) is 4. The summed E-state index contributed by atoms with van der Waals surface area (Å²) in [5, 5.41) is 0. The fourth-order valence-electron chi connectivity index (χ4n) is 2.17. The van der Waals surface area contributed by atoms with E-state index in [-0.39, 0.29) is 10.5 Å². The van der Waals surface area contributed by atoms with Gasteiger partial charge in [-0.1, -0.05) is 17.7 Å². The largest absolute Gasteiger partial charge is 0.269 e. The molecule has 0 aliphatic rings. The van der Waals surface area contributed by atoms with E-state index in [4.69, 9.17) is 0 Å². The molecule has 0 radical (unpaired) electrons. The lowest BCUT2D eigenvalue weighted by atomic mass is 10.1. The van der Waals surface area contributed by atoms with E-state index in [1.54, 1.807) is 6.07 Å². The van der Waals surface area contributed by atoms with Gasteiger partial charge in [-0.2, -0.15) is 0 Å². The molecular formula is C17H18N2O4S. The lowest BCUT2D eigenvalue weighted by Gasteiger charge is -2.10. The Kier molecular flexibility index (Phi) is 5.04. The second-order valence-electron chi connectivity index (χ2n) is 5.52. The van der Waals surface area contributed by atoms with Crippen molar-refractivity contribution in [2.75, 3.05) is 6.26 Å². The minimum absolute atomic E-state index is 0.123. The molecule has 2 aromatic rings. The first-order valence-corrected chi connectivity index (χ1v) is 9.05. The smallest absolute Gasteiger partial charge is 0.267 e. The maximum atomic E-state index is 12.1. The summed E-state index contributed by atoms with van der Waals surface area (Å²) < 4.78 is 22.8. The van der Waals surface area contributed by atoms with Crippen LogP contribution in [0.25, 0.3) is 0 Å². The lowest BCUT2D eigenvalue weighted by molar-refractivity contribution is 0.0846. The standard InChI is InChI=1S/C17H18N2O4S/c1-11-4-9-15(12(2)10-11)17(21)19-18-16(20)13-5-7-14(8-6-13)24(3,22)23/h4-10H,1-3H3,(H,18,20)(H,19,21). The van der Waals surface area contributed by atoms with Gasteiger partial charge in [0.2, 0.25) is 0 Å². The Bertz CT molecular complexity index is 887. The molecule has 0 aromatic heterocycles. The van der Waals surface area contributed by atoms with Crippen LogP contribution < -0.4 is 10.9 Å². The molecule has 2 rings (SSSR count). The Hall–Kier alpha value is -2.67. The molecule has 2 aromatic carbocycles. The van der Waals surface area contributed by atoms with Crippen LogP contribution in [0.4, 0.5) is 0 Å². The molecule has 6 nitrogen and oxygen atoms in total. The van der Waals surface area contributed by atoms with Gasteiger partial charge < -0.3 is 0 Å². The van der Waals surface area contributed by atoms with Gasteiger partial charge in [-0.3, -0.25) is 20.4 Å². The lowest BCUT2D eigenvalue weighted by Crippen LogP contribution is -2.41. The van der Waals surface area contributed by atoms with E-state index in [0.29, 0.717) is 5.56 Å². The molecule has 0 bridgehead atoms. The Morgan fingerprint density at radius 1 is 0.875 bits per heavy atom. The summed E-state index contributed by atoms with van der Waals surface area (Å²) in [5.74, 6) is -0.957. The van der Waals surface area contributed by atoms with Crippen LogP contribution in [0.1, 0.15) is 31.8 Å². The SMILES string of the molecule is Cc1ccc(C(=O)NNC(=O)c2ccc(S(C)(=O)=O)cc2)c(C)c1. The molecule has 0 aliphatic carbocycles. The minimum atomic E-state index is -3.32. The molecule has 0 saturated heterocycles. The van der Waals surface area contributed by atoms with Gasteiger partial charge in [-0.05, 0) is 49.7 Å². The summed E-state index contributed by atoms with van der Waals surface area (Å²) in [6.07, 6.45) is 1.09. The van der Waals surface area contributed by atoms with Gasteiger partial charge >= 0.3 is 0 Å². The van der Waals surface area contributed by atoms with Gasteiger partial charge in [-0.15, -0.1) is 0 Å². The molecule has 0 unspecified atom stereocenters. The second-order valence-corrected chi connectivity index (χ2v) is 7.54. The molecule has 0 heterocycles. The molecular weight excluding hydrogens is 328 g/mol. The molecule has 0 atom stereocenters. The van der Waals surface area contributed by atoms with Crippen LogP contribution >= 0.6 is 0 Å². The Morgan fingerprint density at radius 3 is 2.00 bits per heavy atom. The first-order chi connectivity index (χ1) is 11.2. The van der Waals surface area contributed by atoms with Crippen molar-refractivity contribution in [2.24, 2.45) is 0 Å². The van der Waals surface area contributed by atoms with Crippen LogP contribution in [0.15, 0.2) is 47.4 Å². The van der Waals surface area contributed by atoms with Crippen LogP contribution in [-0.2, 0) is 9.84 Å². The number of nitrogens with one attached hydrogen (secondary N) is 2. The fourth-order valence-corrected chi connectivity index (χ4v) is 2.81. The molecule has 2 N–H and O–H groups in total. The number of hydrazine groups is 1. The molecule has 0 aliphatic heterocycles. The van der Waals surface area contributed by atoms with Gasteiger partial charge in [0.15, 0.2) is 9.84 Å². The zero-order valence-electron chi connectivity index (χ0n) is 13.6. The number of rotatable bonds is 3. The molecule has 2 amide bonds. The van der Waals surface area contributed by atoms with E-state index in [2.05, 4.69) is 10.9 Å². The van der Waals surface area contributed by atoms with Crippen molar-refractivity contribution in [3.63, 3.8) is 0 Å². The molecule has 0 fully saturated rings. The normalized spacial score (nSPS) is 11.0. The quantitative estimate of drug-likeness (QED) is 0.829. The van der Waals surface area contributed by atoms with E-state index in [1.165, 1.54) is 24.3 Å². The van der Waals surface area contributed by atoms with Gasteiger partial charge in [-0.25, -0.2) is 8.42 Å². The van der Waals surface area contributed by atoms with E-state index >= 15 is 0 Å².